The van der Waals surface area contributed by atoms with E-state index in [9.17, 15) is 4.79 Å². The second-order valence-electron chi connectivity index (χ2n) is 6.14. The van der Waals surface area contributed by atoms with Crippen molar-refractivity contribution < 1.29 is 9.53 Å². The summed E-state index contributed by atoms with van der Waals surface area (Å²) in [4.78, 5) is 15.8. The number of rotatable bonds is 4. The highest BCUT2D eigenvalue weighted by Gasteiger charge is 2.18. The lowest BCUT2D eigenvalue weighted by atomic mass is 9.85. The largest absolute Gasteiger partial charge is 0.496 e. The predicted molar refractivity (Wildman–Crippen MR) is 91.0 cm³/mol. The van der Waals surface area contributed by atoms with Crippen LogP contribution in [0.25, 0.3) is 0 Å². The average Bonchev–Trinajstić information content (AvgIpc) is 2.54. The molecule has 0 spiro atoms. The number of carbonyl (C=O) groups is 1. The van der Waals surface area contributed by atoms with Crippen LogP contribution in [0.1, 0.15) is 42.3 Å². The minimum Gasteiger partial charge on any atom is -0.496 e. The fourth-order valence-electron chi connectivity index (χ4n) is 2.13. The number of methoxy groups -OCH3 is 1. The fourth-order valence-corrected chi connectivity index (χ4v) is 2.13. The van der Waals surface area contributed by atoms with Gasteiger partial charge in [-0.3, -0.25) is 9.78 Å². The molecule has 0 radical (unpaired) electrons. The number of amides is 1. The molecule has 1 heterocycles. The van der Waals surface area contributed by atoms with Crippen LogP contribution < -0.4 is 10.2 Å². The highest BCUT2D eigenvalue weighted by molar-refractivity contribution is 5.94. The number of aromatic nitrogens is 1. The molecule has 0 aliphatic carbocycles. The summed E-state index contributed by atoms with van der Waals surface area (Å²) >= 11 is 0. The number of benzene rings is 1. The van der Waals surface area contributed by atoms with Crippen molar-refractivity contribution in [2.75, 3.05) is 7.11 Å². The highest BCUT2D eigenvalue weighted by Crippen LogP contribution is 2.31. The zero-order valence-corrected chi connectivity index (χ0v) is 13.8. The van der Waals surface area contributed by atoms with E-state index >= 15 is 0 Å². The summed E-state index contributed by atoms with van der Waals surface area (Å²) in [6.07, 6.45) is 4.75. The molecule has 2 rings (SSSR count). The Morgan fingerprint density at radius 2 is 1.91 bits per heavy atom. The summed E-state index contributed by atoms with van der Waals surface area (Å²) in [6, 6.07) is 9.09. The van der Waals surface area contributed by atoms with Gasteiger partial charge in [-0.1, -0.05) is 20.8 Å². The topological polar surface area (TPSA) is 63.6 Å². The first kappa shape index (κ1) is 16.7. The Bertz CT molecular complexity index is 704. The van der Waals surface area contributed by atoms with Crippen molar-refractivity contribution in [3.8, 4) is 5.75 Å². The second kappa shape index (κ2) is 7.05. The third-order valence-corrected chi connectivity index (χ3v) is 3.35. The van der Waals surface area contributed by atoms with Crippen LogP contribution >= 0.6 is 0 Å². The molecular weight excluding hydrogens is 290 g/mol. The predicted octanol–water partition coefficient (Wildman–Crippen LogP) is 3.15. The van der Waals surface area contributed by atoms with Crippen molar-refractivity contribution >= 4 is 12.1 Å². The Labute approximate surface area is 136 Å². The van der Waals surface area contributed by atoms with Gasteiger partial charge in [0, 0.05) is 23.5 Å². The summed E-state index contributed by atoms with van der Waals surface area (Å²) in [5.74, 6) is 0.573. The standard InChI is InChI=1S/C18H21N3O2/c1-18(2,3)15-11-13(5-6-16(15)23-4)12-20-21-17(22)14-7-9-19-10-8-14/h5-12H,1-4H3,(H,21,22)/b20-12-. The molecule has 0 fully saturated rings. The van der Waals surface area contributed by atoms with Crippen molar-refractivity contribution in [3.05, 3.63) is 59.4 Å². The van der Waals surface area contributed by atoms with E-state index in [0.717, 1.165) is 16.9 Å². The number of hydrogen-bond acceptors (Lipinski definition) is 4. The number of pyridine rings is 1. The minimum absolute atomic E-state index is 0.0462. The lowest BCUT2D eigenvalue weighted by molar-refractivity contribution is 0.0955. The van der Waals surface area contributed by atoms with E-state index in [2.05, 4.69) is 36.3 Å². The Morgan fingerprint density at radius 3 is 2.52 bits per heavy atom. The van der Waals surface area contributed by atoms with Crippen molar-refractivity contribution in [1.82, 2.24) is 10.4 Å². The quantitative estimate of drug-likeness (QED) is 0.697. The maximum atomic E-state index is 11.9. The molecule has 0 bridgehead atoms. The summed E-state index contributed by atoms with van der Waals surface area (Å²) in [5, 5.41) is 4.01. The van der Waals surface area contributed by atoms with E-state index < -0.39 is 0 Å². The van der Waals surface area contributed by atoms with Crippen LogP contribution in [0.3, 0.4) is 0 Å². The lowest BCUT2D eigenvalue weighted by Crippen LogP contribution is -2.17. The molecule has 1 aromatic heterocycles. The monoisotopic (exact) mass is 311 g/mol. The van der Waals surface area contributed by atoms with Gasteiger partial charge in [0.05, 0.1) is 13.3 Å². The number of hydrogen-bond donors (Lipinski definition) is 1. The number of ether oxygens (including phenoxy) is 1. The number of hydrazone groups is 1. The summed E-state index contributed by atoms with van der Waals surface area (Å²) in [5.41, 5.74) is 4.96. The van der Waals surface area contributed by atoms with Gasteiger partial charge in [0.1, 0.15) is 5.75 Å². The highest BCUT2D eigenvalue weighted by atomic mass is 16.5. The van der Waals surface area contributed by atoms with Gasteiger partial charge in [0.2, 0.25) is 0 Å². The molecule has 1 amide bonds. The molecule has 0 unspecified atom stereocenters. The molecular formula is C18H21N3O2. The zero-order chi connectivity index (χ0) is 16.9. The number of nitrogens with one attached hydrogen (secondary N) is 1. The molecule has 0 atom stereocenters. The Hall–Kier alpha value is -2.69. The Morgan fingerprint density at radius 1 is 1.22 bits per heavy atom. The van der Waals surface area contributed by atoms with Gasteiger partial charge in [0.15, 0.2) is 0 Å². The molecule has 120 valence electrons. The number of nitrogens with zero attached hydrogens (tertiary/aromatic N) is 2. The molecule has 0 saturated heterocycles. The van der Waals surface area contributed by atoms with Gasteiger partial charge in [0.25, 0.3) is 5.91 Å². The van der Waals surface area contributed by atoms with Crippen molar-refractivity contribution in [2.45, 2.75) is 26.2 Å². The Balaban J connectivity index is 2.13. The second-order valence-corrected chi connectivity index (χ2v) is 6.14. The lowest BCUT2D eigenvalue weighted by Gasteiger charge is -2.22. The van der Waals surface area contributed by atoms with Crippen molar-refractivity contribution in [1.29, 1.82) is 0 Å². The van der Waals surface area contributed by atoms with Gasteiger partial charge in [-0.25, -0.2) is 5.43 Å². The first-order valence-electron chi connectivity index (χ1n) is 7.34. The van der Waals surface area contributed by atoms with Gasteiger partial charge >= 0.3 is 0 Å². The molecule has 0 aliphatic heterocycles. The SMILES string of the molecule is COc1ccc(/C=N\NC(=O)c2ccncc2)cc1C(C)(C)C. The van der Waals surface area contributed by atoms with Crippen LogP contribution in [0.2, 0.25) is 0 Å². The van der Waals surface area contributed by atoms with Crippen LogP contribution in [0.15, 0.2) is 47.8 Å². The summed E-state index contributed by atoms with van der Waals surface area (Å²) in [7, 11) is 1.66. The minimum atomic E-state index is -0.270. The smallest absolute Gasteiger partial charge is 0.271 e. The maximum absolute atomic E-state index is 11.9. The molecule has 1 aromatic carbocycles. The normalized spacial score (nSPS) is 11.5. The molecule has 0 saturated carbocycles. The van der Waals surface area contributed by atoms with E-state index in [1.54, 1.807) is 37.9 Å². The zero-order valence-electron chi connectivity index (χ0n) is 13.8. The van der Waals surface area contributed by atoms with Crippen molar-refractivity contribution in [3.63, 3.8) is 0 Å². The first-order valence-corrected chi connectivity index (χ1v) is 7.34. The average molecular weight is 311 g/mol. The van der Waals surface area contributed by atoms with Gasteiger partial charge < -0.3 is 4.74 Å². The molecule has 23 heavy (non-hydrogen) atoms. The molecule has 0 aliphatic rings. The van der Waals surface area contributed by atoms with E-state index in [4.69, 9.17) is 4.74 Å². The van der Waals surface area contributed by atoms with E-state index in [1.165, 1.54) is 0 Å². The number of carbonyl (C=O) groups excluding carboxylic acids is 1. The summed E-state index contributed by atoms with van der Waals surface area (Å²) in [6.45, 7) is 6.37. The molecule has 5 nitrogen and oxygen atoms in total. The molecule has 1 N–H and O–H groups in total. The van der Waals surface area contributed by atoms with Crippen LogP contribution in [0, 0.1) is 0 Å². The summed E-state index contributed by atoms with van der Waals surface area (Å²) < 4.78 is 5.41. The Kier molecular flexibility index (Phi) is 5.11. The van der Waals surface area contributed by atoms with Crippen LogP contribution in [0.4, 0.5) is 0 Å². The fraction of sp³-hybridized carbons (Fsp3) is 0.278. The third-order valence-electron chi connectivity index (χ3n) is 3.35. The first-order chi connectivity index (χ1) is 10.9. The van der Waals surface area contributed by atoms with E-state index in [-0.39, 0.29) is 11.3 Å². The van der Waals surface area contributed by atoms with Gasteiger partial charge in [-0.05, 0) is 41.3 Å². The van der Waals surface area contributed by atoms with Crippen LogP contribution in [0.5, 0.6) is 5.75 Å². The van der Waals surface area contributed by atoms with Gasteiger partial charge in [-0.2, -0.15) is 5.10 Å². The molecule has 5 heteroatoms. The van der Waals surface area contributed by atoms with Crippen LogP contribution in [-0.2, 0) is 5.41 Å². The van der Waals surface area contributed by atoms with Crippen molar-refractivity contribution in [2.24, 2.45) is 5.10 Å². The maximum Gasteiger partial charge on any atom is 0.271 e. The van der Waals surface area contributed by atoms with Crippen LogP contribution in [-0.4, -0.2) is 24.2 Å². The van der Waals surface area contributed by atoms with E-state index in [1.807, 2.05) is 18.2 Å². The van der Waals surface area contributed by atoms with Gasteiger partial charge in [-0.15, -0.1) is 0 Å². The third kappa shape index (κ3) is 4.39. The molecule has 2 aromatic rings. The van der Waals surface area contributed by atoms with E-state index in [0.29, 0.717) is 5.56 Å².